The van der Waals surface area contributed by atoms with Crippen molar-refractivity contribution in [2.45, 2.75) is 0 Å². The average molecular weight is 511 g/mol. The molecule has 0 N–H and O–H groups in total. The van der Waals surface area contributed by atoms with E-state index < -0.39 is 0 Å². The summed E-state index contributed by atoms with van der Waals surface area (Å²) in [6.45, 7) is 0. The third-order valence-electron chi connectivity index (χ3n) is 8.42. The van der Waals surface area contributed by atoms with Gasteiger partial charge in [-0.3, -0.25) is 0 Å². The molecule has 0 nitrogen and oxygen atoms in total. The van der Waals surface area contributed by atoms with E-state index in [1.807, 2.05) is 11.3 Å². The Morgan fingerprint density at radius 2 is 0.718 bits per heavy atom. The molecule has 9 rings (SSSR count). The van der Waals surface area contributed by atoms with Crippen molar-refractivity contribution in [3.63, 3.8) is 0 Å². The van der Waals surface area contributed by atoms with Crippen LogP contribution in [0.1, 0.15) is 0 Å². The van der Waals surface area contributed by atoms with Crippen LogP contribution in [0.2, 0.25) is 0 Å². The summed E-state index contributed by atoms with van der Waals surface area (Å²) in [6, 6.07) is 49.4. The molecule has 1 heteroatoms. The van der Waals surface area contributed by atoms with Crippen LogP contribution in [0.3, 0.4) is 0 Å². The molecule has 0 aliphatic rings. The first-order chi connectivity index (χ1) is 19.3. The molecule has 0 saturated heterocycles. The van der Waals surface area contributed by atoms with Crippen LogP contribution in [0.4, 0.5) is 0 Å². The third-order valence-corrected chi connectivity index (χ3v) is 9.63. The Hall–Kier alpha value is -4.72. The zero-order valence-corrected chi connectivity index (χ0v) is 21.9. The highest BCUT2D eigenvalue weighted by Gasteiger charge is 2.15. The van der Waals surface area contributed by atoms with E-state index >= 15 is 0 Å². The summed E-state index contributed by atoms with van der Waals surface area (Å²) >= 11 is 1.92. The van der Waals surface area contributed by atoms with Crippen molar-refractivity contribution in [3.8, 4) is 11.1 Å². The van der Waals surface area contributed by atoms with Crippen molar-refractivity contribution in [1.82, 2.24) is 0 Å². The van der Waals surface area contributed by atoms with E-state index in [-0.39, 0.29) is 0 Å². The van der Waals surface area contributed by atoms with Gasteiger partial charge in [0.15, 0.2) is 0 Å². The van der Waals surface area contributed by atoms with Gasteiger partial charge in [-0.25, -0.2) is 0 Å². The number of hydrogen-bond donors (Lipinski definition) is 0. The quantitative estimate of drug-likeness (QED) is 0.193. The molecule has 0 spiro atoms. The van der Waals surface area contributed by atoms with Crippen LogP contribution in [0.15, 0.2) is 133 Å². The van der Waals surface area contributed by atoms with Gasteiger partial charge in [-0.15, -0.1) is 11.3 Å². The van der Waals surface area contributed by atoms with Gasteiger partial charge in [0.2, 0.25) is 0 Å². The summed E-state index contributed by atoms with van der Waals surface area (Å²) in [6.07, 6.45) is 0. The third kappa shape index (κ3) is 2.94. The molecule has 0 bridgehead atoms. The molecular formula is C38H22S. The molecule has 180 valence electrons. The second-order valence-electron chi connectivity index (χ2n) is 10.5. The summed E-state index contributed by atoms with van der Waals surface area (Å²) in [4.78, 5) is 0. The summed E-state index contributed by atoms with van der Waals surface area (Å²) < 4.78 is 2.72. The topological polar surface area (TPSA) is 0 Å². The first-order valence-corrected chi connectivity index (χ1v) is 14.3. The molecule has 9 aromatic rings. The van der Waals surface area contributed by atoms with E-state index in [1.165, 1.54) is 85.2 Å². The Morgan fingerprint density at radius 1 is 0.308 bits per heavy atom. The van der Waals surface area contributed by atoms with Crippen molar-refractivity contribution < 1.29 is 0 Å². The lowest BCUT2D eigenvalue weighted by molar-refractivity contribution is 1.71. The van der Waals surface area contributed by atoms with E-state index in [0.717, 1.165) is 0 Å². The molecule has 39 heavy (non-hydrogen) atoms. The predicted molar refractivity (Wildman–Crippen MR) is 172 cm³/mol. The molecule has 0 saturated carbocycles. The van der Waals surface area contributed by atoms with Crippen molar-refractivity contribution >= 4 is 85.4 Å². The fourth-order valence-electron chi connectivity index (χ4n) is 6.67. The lowest BCUT2D eigenvalue weighted by Gasteiger charge is -2.12. The minimum absolute atomic E-state index is 1.26. The van der Waals surface area contributed by atoms with Crippen LogP contribution < -0.4 is 0 Å². The Bertz CT molecular complexity index is 2410. The SMILES string of the molecule is c1ccc2c(c1)c1ccccc1c1cc(-c3ccc4sc5c6ccccc6c6ccccc6c5c4c3)ccc21. The molecule has 0 fully saturated rings. The highest BCUT2D eigenvalue weighted by atomic mass is 32.1. The van der Waals surface area contributed by atoms with E-state index in [4.69, 9.17) is 0 Å². The van der Waals surface area contributed by atoms with Gasteiger partial charge < -0.3 is 0 Å². The lowest BCUT2D eigenvalue weighted by Crippen LogP contribution is -1.85. The molecule has 8 aromatic carbocycles. The molecule has 0 aliphatic carbocycles. The van der Waals surface area contributed by atoms with Gasteiger partial charge in [-0.05, 0) is 77.8 Å². The predicted octanol–water partition coefficient (Wildman–Crippen LogP) is 11.5. The number of rotatable bonds is 1. The first kappa shape index (κ1) is 21.2. The highest BCUT2D eigenvalue weighted by Crippen LogP contribution is 2.45. The van der Waals surface area contributed by atoms with Crippen molar-refractivity contribution in [2.75, 3.05) is 0 Å². The van der Waals surface area contributed by atoms with Crippen LogP contribution in [-0.2, 0) is 0 Å². The molecule has 0 amide bonds. The summed E-state index contributed by atoms with van der Waals surface area (Å²) in [5.74, 6) is 0. The second-order valence-corrected chi connectivity index (χ2v) is 11.5. The number of thiophene rings is 1. The highest BCUT2D eigenvalue weighted by molar-refractivity contribution is 7.27. The first-order valence-electron chi connectivity index (χ1n) is 13.4. The normalized spacial score (nSPS) is 12.1. The van der Waals surface area contributed by atoms with E-state index in [2.05, 4.69) is 133 Å². The lowest BCUT2D eigenvalue weighted by atomic mass is 9.91. The van der Waals surface area contributed by atoms with Gasteiger partial charge >= 0.3 is 0 Å². The second kappa shape index (κ2) is 7.89. The number of benzene rings is 8. The van der Waals surface area contributed by atoms with Gasteiger partial charge in [0, 0.05) is 25.6 Å². The van der Waals surface area contributed by atoms with Crippen LogP contribution in [0.25, 0.3) is 85.2 Å². The van der Waals surface area contributed by atoms with Gasteiger partial charge in [0.25, 0.3) is 0 Å². The minimum atomic E-state index is 1.26. The van der Waals surface area contributed by atoms with Gasteiger partial charge in [-0.2, -0.15) is 0 Å². The molecule has 0 aliphatic heterocycles. The summed E-state index contributed by atoms with van der Waals surface area (Å²) in [5, 5.41) is 16.0. The summed E-state index contributed by atoms with van der Waals surface area (Å²) in [5.41, 5.74) is 2.52. The largest absolute Gasteiger partial charge is 0.135 e. The minimum Gasteiger partial charge on any atom is -0.135 e. The molecule has 0 atom stereocenters. The van der Waals surface area contributed by atoms with Crippen molar-refractivity contribution in [1.29, 1.82) is 0 Å². The van der Waals surface area contributed by atoms with Gasteiger partial charge in [-0.1, -0.05) is 115 Å². The Morgan fingerprint density at radius 3 is 1.33 bits per heavy atom. The average Bonchev–Trinajstić information content (AvgIpc) is 3.40. The Kier molecular flexibility index (Phi) is 4.30. The fourth-order valence-corrected chi connectivity index (χ4v) is 7.91. The molecule has 0 unspecified atom stereocenters. The molecule has 1 aromatic heterocycles. The maximum Gasteiger partial charge on any atom is 0.0440 e. The van der Waals surface area contributed by atoms with E-state index in [9.17, 15) is 0 Å². The molecule has 0 radical (unpaired) electrons. The van der Waals surface area contributed by atoms with Crippen molar-refractivity contribution in [2.24, 2.45) is 0 Å². The smallest absolute Gasteiger partial charge is 0.0440 e. The maximum absolute atomic E-state index is 2.42. The molecular weight excluding hydrogens is 488 g/mol. The maximum atomic E-state index is 2.42. The molecule has 1 heterocycles. The van der Waals surface area contributed by atoms with Crippen LogP contribution >= 0.6 is 11.3 Å². The van der Waals surface area contributed by atoms with Crippen LogP contribution in [0, 0.1) is 0 Å². The van der Waals surface area contributed by atoms with E-state index in [0.29, 0.717) is 0 Å². The number of fused-ring (bicyclic) bond motifs is 14. The Balaban J connectivity index is 1.36. The van der Waals surface area contributed by atoms with Crippen molar-refractivity contribution in [3.05, 3.63) is 133 Å². The van der Waals surface area contributed by atoms with Gasteiger partial charge in [0.1, 0.15) is 0 Å². The monoisotopic (exact) mass is 510 g/mol. The number of hydrogen-bond acceptors (Lipinski definition) is 1. The van der Waals surface area contributed by atoms with Crippen LogP contribution in [0.5, 0.6) is 0 Å². The zero-order valence-electron chi connectivity index (χ0n) is 21.1. The van der Waals surface area contributed by atoms with Gasteiger partial charge in [0.05, 0.1) is 0 Å². The van der Waals surface area contributed by atoms with E-state index in [1.54, 1.807) is 0 Å². The Labute approximate surface area is 229 Å². The standard InChI is InChI=1S/C38H22S/c1-2-11-27-25(9-1)26-10-3-4-14-30(26)34-21-23(17-19-31(27)34)24-18-20-36-35(22-24)37-32-15-7-5-12-28(32)29-13-6-8-16-33(29)38(37)39-36/h1-22H. The fraction of sp³-hybridized carbons (Fsp3) is 0. The summed E-state index contributed by atoms with van der Waals surface area (Å²) in [7, 11) is 0. The van der Waals surface area contributed by atoms with Crippen LogP contribution in [-0.4, -0.2) is 0 Å². The zero-order chi connectivity index (χ0) is 25.5.